The van der Waals surface area contributed by atoms with E-state index in [1.54, 1.807) is 6.33 Å². The summed E-state index contributed by atoms with van der Waals surface area (Å²) < 4.78 is 0. The molecule has 1 aliphatic rings. The lowest BCUT2D eigenvalue weighted by atomic mass is 10.3. The van der Waals surface area contributed by atoms with Crippen LogP contribution in [0.15, 0.2) is 6.33 Å². The SMILES string of the molecule is Cc1[nH]nc2c(NCCN3CCCC3)ncnc12. The molecule has 2 aromatic heterocycles. The molecular weight excluding hydrogens is 228 g/mol. The van der Waals surface area contributed by atoms with Crippen LogP contribution in [0.4, 0.5) is 5.82 Å². The van der Waals surface area contributed by atoms with Gasteiger partial charge in [0.05, 0.1) is 5.69 Å². The van der Waals surface area contributed by atoms with E-state index in [0.717, 1.165) is 35.6 Å². The molecule has 1 fully saturated rings. The number of aromatic amines is 1. The van der Waals surface area contributed by atoms with Gasteiger partial charge in [0, 0.05) is 13.1 Å². The van der Waals surface area contributed by atoms with Gasteiger partial charge in [-0.1, -0.05) is 0 Å². The standard InChI is InChI=1S/C12H18N6/c1-9-10-11(17-16-9)12(15-8-14-10)13-4-7-18-5-2-3-6-18/h8H,2-7H2,1H3,(H,16,17)(H,13,14,15). The summed E-state index contributed by atoms with van der Waals surface area (Å²) in [5, 5.41) is 10.5. The molecule has 0 atom stereocenters. The predicted octanol–water partition coefficient (Wildman–Crippen LogP) is 1.17. The molecule has 3 rings (SSSR count). The van der Waals surface area contributed by atoms with Gasteiger partial charge in [0.25, 0.3) is 0 Å². The number of nitrogens with one attached hydrogen (secondary N) is 2. The van der Waals surface area contributed by atoms with Gasteiger partial charge in [-0.25, -0.2) is 9.97 Å². The second-order valence-electron chi connectivity index (χ2n) is 4.74. The highest BCUT2D eigenvalue weighted by atomic mass is 15.2. The zero-order valence-corrected chi connectivity index (χ0v) is 10.6. The van der Waals surface area contributed by atoms with Gasteiger partial charge >= 0.3 is 0 Å². The topological polar surface area (TPSA) is 69.7 Å². The van der Waals surface area contributed by atoms with Crippen molar-refractivity contribution in [1.29, 1.82) is 0 Å². The van der Waals surface area contributed by atoms with Crippen molar-refractivity contribution in [3.63, 3.8) is 0 Å². The molecule has 96 valence electrons. The van der Waals surface area contributed by atoms with E-state index in [0.29, 0.717) is 0 Å². The van der Waals surface area contributed by atoms with Gasteiger partial charge in [-0.15, -0.1) is 0 Å². The summed E-state index contributed by atoms with van der Waals surface area (Å²) in [6, 6.07) is 0. The van der Waals surface area contributed by atoms with E-state index in [9.17, 15) is 0 Å². The molecule has 1 aliphatic heterocycles. The highest BCUT2D eigenvalue weighted by molar-refractivity contribution is 5.86. The minimum absolute atomic E-state index is 0.823. The van der Waals surface area contributed by atoms with Gasteiger partial charge in [-0.05, 0) is 32.9 Å². The Morgan fingerprint density at radius 1 is 1.28 bits per heavy atom. The molecule has 0 radical (unpaired) electrons. The first-order chi connectivity index (χ1) is 8.84. The van der Waals surface area contributed by atoms with Crippen molar-refractivity contribution >= 4 is 16.9 Å². The number of hydrogen-bond acceptors (Lipinski definition) is 5. The molecule has 18 heavy (non-hydrogen) atoms. The average molecular weight is 246 g/mol. The Kier molecular flexibility index (Phi) is 3.10. The summed E-state index contributed by atoms with van der Waals surface area (Å²) in [5.74, 6) is 0.823. The summed E-state index contributed by atoms with van der Waals surface area (Å²) >= 11 is 0. The predicted molar refractivity (Wildman–Crippen MR) is 70.6 cm³/mol. The Morgan fingerprint density at radius 2 is 2.11 bits per heavy atom. The highest BCUT2D eigenvalue weighted by Crippen LogP contribution is 2.18. The van der Waals surface area contributed by atoms with Crippen LogP contribution >= 0.6 is 0 Å². The fourth-order valence-electron chi connectivity index (χ4n) is 2.42. The van der Waals surface area contributed by atoms with Gasteiger partial charge in [0.1, 0.15) is 11.8 Å². The van der Waals surface area contributed by atoms with E-state index >= 15 is 0 Å². The van der Waals surface area contributed by atoms with E-state index in [4.69, 9.17) is 0 Å². The number of anilines is 1. The van der Waals surface area contributed by atoms with Crippen LogP contribution in [0.5, 0.6) is 0 Å². The number of nitrogens with zero attached hydrogens (tertiary/aromatic N) is 4. The van der Waals surface area contributed by atoms with Crippen LogP contribution in [0.2, 0.25) is 0 Å². The summed E-state index contributed by atoms with van der Waals surface area (Å²) in [4.78, 5) is 11.0. The molecule has 0 unspecified atom stereocenters. The number of aryl methyl sites for hydroxylation is 1. The second kappa shape index (κ2) is 4.89. The smallest absolute Gasteiger partial charge is 0.157 e. The molecule has 3 heterocycles. The largest absolute Gasteiger partial charge is 0.367 e. The van der Waals surface area contributed by atoms with Crippen LogP contribution in [0, 0.1) is 6.92 Å². The molecule has 6 heteroatoms. The van der Waals surface area contributed by atoms with Crippen LogP contribution in [-0.4, -0.2) is 51.2 Å². The molecule has 0 amide bonds. The van der Waals surface area contributed by atoms with Crippen molar-refractivity contribution in [1.82, 2.24) is 25.1 Å². The third-order valence-electron chi connectivity index (χ3n) is 3.43. The quantitative estimate of drug-likeness (QED) is 0.847. The van der Waals surface area contributed by atoms with Gasteiger partial charge in [0.2, 0.25) is 0 Å². The van der Waals surface area contributed by atoms with Crippen molar-refractivity contribution in [2.75, 3.05) is 31.5 Å². The Bertz CT molecular complexity index is 528. The maximum atomic E-state index is 4.26. The molecule has 0 aliphatic carbocycles. The lowest BCUT2D eigenvalue weighted by Gasteiger charge is -2.14. The first kappa shape index (κ1) is 11.4. The summed E-state index contributed by atoms with van der Waals surface area (Å²) in [6.45, 7) is 6.38. The summed E-state index contributed by atoms with van der Waals surface area (Å²) in [6.07, 6.45) is 4.25. The maximum Gasteiger partial charge on any atom is 0.157 e. The average Bonchev–Trinajstić information content (AvgIpc) is 3.01. The number of likely N-dealkylation sites (tertiary alicyclic amines) is 1. The number of fused-ring (bicyclic) bond motifs is 1. The molecule has 2 N–H and O–H groups in total. The number of hydrogen-bond donors (Lipinski definition) is 2. The maximum absolute atomic E-state index is 4.26. The van der Waals surface area contributed by atoms with Crippen molar-refractivity contribution in [2.24, 2.45) is 0 Å². The van der Waals surface area contributed by atoms with Crippen molar-refractivity contribution in [2.45, 2.75) is 19.8 Å². The van der Waals surface area contributed by atoms with E-state index in [1.165, 1.54) is 25.9 Å². The highest BCUT2D eigenvalue weighted by Gasteiger charge is 2.12. The Hall–Kier alpha value is -1.69. The third kappa shape index (κ3) is 2.15. The van der Waals surface area contributed by atoms with Gasteiger partial charge < -0.3 is 10.2 Å². The molecule has 1 saturated heterocycles. The number of aromatic nitrogens is 4. The second-order valence-corrected chi connectivity index (χ2v) is 4.74. The molecule has 0 aromatic carbocycles. The fourth-order valence-corrected chi connectivity index (χ4v) is 2.42. The van der Waals surface area contributed by atoms with Gasteiger partial charge in [-0.2, -0.15) is 5.10 Å². The van der Waals surface area contributed by atoms with E-state index < -0.39 is 0 Å². The molecular formula is C12H18N6. The molecule has 6 nitrogen and oxygen atoms in total. The van der Waals surface area contributed by atoms with Gasteiger partial charge in [0.15, 0.2) is 11.3 Å². The van der Waals surface area contributed by atoms with Crippen LogP contribution in [0.1, 0.15) is 18.5 Å². The van der Waals surface area contributed by atoms with Crippen LogP contribution in [-0.2, 0) is 0 Å². The minimum atomic E-state index is 0.823. The zero-order chi connectivity index (χ0) is 12.4. The van der Waals surface area contributed by atoms with Crippen LogP contribution < -0.4 is 5.32 Å². The Balaban J connectivity index is 1.66. The minimum Gasteiger partial charge on any atom is -0.367 e. The number of H-pyrrole nitrogens is 1. The van der Waals surface area contributed by atoms with Crippen LogP contribution in [0.25, 0.3) is 11.0 Å². The van der Waals surface area contributed by atoms with Crippen LogP contribution in [0.3, 0.4) is 0 Å². The monoisotopic (exact) mass is 246 g/mol. The normalized spacial score (nSPS) is 16.5. The van der Waals surface area contributed by atoms with E-state index in [2.05, 4.69) is 30.4 Å². The molecule has 2 aromatic rings. The van der Waals surface area contributed by atoms with Crippen molar-refractivity contribution in [3.8, 4) is 0 Å². The lowest BCUT2D eigenvalue weighted by molar-refractivity contribution is 0.352. The Morgan fingerprint density at radius 3 is 2.94 bits per heavy atom. The van der Waals surface area contributed by atoms with Crippen molar-refractivity contribution < 1.29 is 0 Å². The Labute approximate surface area is 106 Å². The van der Waals surface area contributed by atoms with E-state index in [1.807, 2.05) is 6.92 Å². The summed E-state index contributed by atoms with van der Waals surface area (Å²) in [7, 11) is 0. The van der Waals surface area contributed by atoms with Gasteiger partial charge in [-0.3, -0.25) is 5.10 Å². The van der Waals surface area contributed by atoms with Crippen molar-refractivity contribution in [3.05, 3.63) is 12.0 Å². The number of rotatable bonds is 4. The molecule has 0 bridgehead atoms. The zero-order valence-electron chi connectivity index (χ0n) is 10.6. The molecule has 0 spiro atoms. The summed E-state index contributed by atoms with van der Waals surface area (Å²) in [5.41, 5.74) is 2.71. The first-order valence-electron chi connectivity index (χ1n) is 6.46. The third-order valence-corrected chi connectivity index (χ3v) is 3.43. The molecule has 0 saturated carbocycles. The van der Waals surface area contributed by atoms with E-state index in [-0.39, 0.29) is 0 Å². The fraction of sp³-hybridized carbons (Fsp3) is 0.583. The first-order valence-corrected chi connectivity index (χ1v) is 6.46. The lowest BCUT2D eigenvalue weighted by Crippen LogP contribution is -2.26.